The van der Waals surface area contributed by atoms with Gasteiger partial charge in [0.1, 0.15) is 35.1 Å². The summed E-state index contributed by atoms with van der Waals surface area (Å²) < 4.78 is 101. The molecule has 2 aliphatic heterocycles. The fraction of sp³-hybridized carbons (Fsp3) is 0.333. The number of hydrogen-bond donors (Lipinski definition) is 3. The van der Waals surface area contributed by atoms with Crippen molar-refractivity contribution in [2.45, 2.75) is 95.9 Å². The van der Waals surface area contributed by atoms with Gasteiger partial charge in [0.2, 0.25) is 0 Å². The normalized spacial score (nSPS) is 13.1. The minimum absolute atomic E-state index is 0. The second-order valence-electron chi connectivity index (χ2n) is 19.2. The van der Waals surface area contributed by atoms with Gasteiger partial charge in [-0.2, -0.15) is 0 Å². The van der Waals surface area contributed by atoms with Crippen LogP contribution >= 0.6 is 23.2 Å². The van der Waals surface area contributed by atoms with Gasteiger partial charge in [-0.15, -0.1) is 26.3 Å². The molecule has 2 atom stereocenters. The van der Waals surface area contributed by atoms with Crippen LogP contribution in [-0.4, -0.2) is 81.0 Å². The maximum absolute atomic E-state index is 14.1. The quantitative estimate of drug-likeness (QED) is 0.0237. The summed E-state index contributed by atoms with van der Waals surface area (Å²) in [5.74, 6) is -1.44. The Morgan fingerprint density at radius 3 is 1.36 bits per heavy atom. The van der Waals surface area contributed by atoms with Crippen molar-refractivity contribution in [1.29, 1.82) is 0 Å². The van der Waals surface area contributed by atoms with E-state index in [1.165, 1.54) is 47.2 Å². The number of alkyl halides is 6. The van der Waals surface area contributed by atoms with E-state index in [0.717, 1.165) is 28.7 Å². The van der Waals surface area contributed by atoms with E-state index in [0.29, 0.717) is 126 Å². The van der Waals surface area contributed by atoms with E-state index in [1.54, 1.807) is 80.8 Å². The van der Waals surface area contributed by atoms with Crippen LogP contribution in [0.2, 0.25) is 10.0 Å². The number of methoxy groups -OCH3 is 2. The number of carboxylic acid groups (broad SMARTS) is 1. The molecule has 6 aromatic rings. The van der Waals surface area contributed by atoms with E-state index in [-0.39, 0.29) is 51.4 Å². The summed E-state index contributed by atoms with van der Waals surface area (Å²) in [4.78, 5) is 53.5. The van der Waals surface area contributed by atoms with Gasteiger partial charge in [-0.1, -0.05) is 59.6 Å². The monoisotopic (exact) mass is 1210 g/mol. The number of carbonyl (C=O) groups is 4. The van der Waals surface area contributed by atoms with E-state index in [4.69, 9.17) is 42.5 Å². The number of nitrogens with zero attached hydrogens (tertiary/aromatic N) is 2. The summed E-state index contributed by atoms with van der Waals surface area (Å²) in [6.45, 7) is 2.72. The van der Waals surface area contributed by atoms with E-state index in [9.17, 15) is 45.5 Å². The number of esters is 1. The molecule has 2 amide bonds. The van der Waals surface area contributed by atoms with Crippen molar-refractivity contribution >= 4 is 69.7 Å². The molecular formula is C60H65Cl2F6LiN4O11. The molecule has 2 unspecified atom stereocenters. The molecule has 0 bridgehead atoms. The number of aliphatic carboxylic acids is 1. The second kappa shape index (κ2) is 31.0. The van der Waals surface area contributed by atoms with E-state index in [2.05, 4.69) is 20.1 Å². The molecule has 6 aromatic carbocycles. The van der Waals surface area contributed by atoms with Crippen molar-refractivity contribution in [1.82, 2.24) is 0 Å². The van der Waals surface area contributed by atoms with E-state index in [1.807, 2.05) is 24.3 Å². The first-order valence-electron chi connectivity index (χ1n) is 26.3. The second-order valence-corrected chi connectivity index (χ2v) is 20.0. The Morgan fingerprint density at radius 2 is 0.988 bits per heavy atom. The van der Waals surface area contributed by atoms with Gasteiger partial charge in [-0.3, -0.25) is 19.2 Å². The Kier molecular flexibility index (Phi) is 24.9. The average molecular weight is 1210 g/mol. The van der Waals surface area contributed by atoms with Gasteiger partial charge in [-0.05, 0) is 152 Å². The molecule has 84 heavy (non-hydrogen) atoms. The van der Waals surface area contributed by atoms with Gasteiger partial charge in [0, 0.05) is 74.5 Å². The van der Waals surface area contributed by atoms with Crippen molar-refractivity contribution < 1.29 is 102 Å². The van der Waals surface area contributed by atoms with E-state index < -0.39 is 42.3 Å². The van der Waals surface area contributed by atoms with E-state index >= 15 is 0 Å². The molecule has 24 heteroatoms. The molecule has 8 rings (SSSR count). The Bertz CT molecular complexity index is 3210. The van der Waals surface area contributed by atoms with Gasteiger partial charge in [0.25, 0.3) is 11.8 Å². The number of hydrogen-bond acceptors (Lipinski definition) is 12. The number of rotatable bonds is 23. The number of amides is 2. The Hall–Kier alpha value is -7.28. The molecule has 15 nitrogen and oxygen atoms in total. The zero-order valence-electron chi connectivity index (χ0n) is 46.4. The van der Waals surface area contributed by atoms with Gasteiger partial charge in [-0.25, -0.2) is 0 Å². The van der Waals surface area contributed by atoms with Crippen LogP contribution in [0.5, 0.6) is 23.0 Å². The molecule has 0 aliphatic carbocycles. The van der Waals surface area contributed by atoms with Gasteiger partial charge >= 0.3 is 43.5 Å². The molecule has 0 saturated heterocycles. The van der Waals surface area contributed by atoms with Crippen LogP contribution in [0.15, 0.2) is 121 Å². The average Bonchev–Trinajstić information content (AvgIpc) is 2.07. The number of anilines is 4. The topological polar surface area (TPSA) is 195 Å². The first-order chi connectivity index (χ1) is 39.1. The number of carboxylic acids is 1. The summed E-state index contributed by atoms with van der Waals surface area (Å²) in [6.07, 6.45) is -4.43. The third kappa shape index (κ3) is 19.7. The van der Waals surface area contributed by atoms with Crippen molar-refractivity contribution in [2.24, 2.45) is 0 Å². The van der Waals surface area contributed by atoms with Crippen LogP contribution in [0.4, 0.5) is 49.1 Å². The Labute approximate surface area is 506 Å². The zero-order chi connectivity index (χ0) is 59.1. The SMILES string of the molecule is CCOC(=O)CCCCc1cc(NC(C(=O)N2CCc3ccc(OC(F)(F)F)cc32)c2ccc(Cl)cc2)cc(OC)c1.COc1cc(CCCCC(=O)O)cc(NC(C(=O)N2CCc3ccc(OC(F)(F)F)cc32)c2ccc(Cl)cc2)c1.[HH].[HH].[Li+].[OH-]. The molecule has 2 heterocycles. The molecule has 4 N–H and O–H groups in total. The molecule has 0 aromatic heterocycles. The van der Waals surface area contributed by atoms with Crippen molar-refractivity contribution in [2.75, 3.05) is 54.3 Å². The number of benzene rings is 6. The van der Waals surface area contributed by atoms with Crippen LogP contribution in [0.3, 0.4) is 0 Å². The molecule has 0 radical (unpaired) electrons. The number of nitrogens with one attached hydrogen (secondary N) is 2. The van der Waals surface area contributed by atoms with Gasteiger partial charge < -0.3 is 54.7 Å². The number of halogens is 8. The predicted octanol–water partition coefficient (Wildman–Crippen LogP) is 11.4. The molecule has 448 valence electrons. The molecule has 0 saturated carbocycles. The maximum Gasteiger partial charge on any atom is 1.00 e. The minimum Gasteiger partial charge on any atom is -0.870 e. The third-order valence-electron chi connectivity index (χ3n) is 13.3. The van der Waals surface area contributed by atoms with Crippen molar-refractivity contribution in [3.8, 4) is 23.0 Å². The van der Waals surface area contributed by atoms with Gasteiger partial charge in [0.15, 0.2) is 0 Å². The van der Waals surface area contributed by atoms with Crippen LogP contribution in [0, 0.1) is 0 Å². The van der Waals surface area contributed by atoms with Crippen LogP contribution in [-0.2, 0) is 49.6 Å². The molecule has 0 fully saturated rings. The summed E-state index contributed by atoms with van der Waals surface area (Å²) in [6, 6.07) is 30.8. The smallest absolute Gasteiger partial charge is 0.870 e. The number of unbranched alkanes of at least 4 members (excludes halogenated alkanes) is 2. The molecule has 0 spiro atoms. The third-order valence-corrected chi connectivity index (χ3v) is 13.8. The standard InChI is InChI=1S/C31H32ClF3N2O5.C29H28ClF3N2O5.Li.H2O.2H2/c1-3-41-28(38)7-5-4-6-20-16-24(18-26(17-20)40-2)36-29(22-8-11-23(32)12-9-22)30(39)37-15-14-21-10-13-25(19-27(21)37)42-31(33,34)35;1-39-24-15-18(4-2-3-5-26(36)37)14-22(16-24)34-27(20-6-9-21(30)10-7-20)28(38)35-13-12-19-8-11-23(17-25(19)35)40-29(31,32)33;;;;/h8-13,16-19,29,36H,3-7,14-15H2,1-2H3;6-11,14-17,27,34H,2-5,12-13H2,1H3,(H,36,37);;1H2;2*1H/q;;+1;;;/p-1. The van der Waals surface area contributed by atoms with Crippen LogP contribution in [0.25, 0.3) is 0 Å². The van der Waals surface area contributed by atoms with Crippen molar-refractivity contribution in [3.05, 3.63) is 165 Å². The number of fused-ring (bicyclic) bond motifs is 2. The van der Waals surface area contributed by atoms with Crippen LogP contribution in [0.1, 0.15) is 93.8 Å². The van der Waals surface area contributed by atoms with Crippen molar-refractivity contribution in [3.63, 3.8) is 0 Å². The van der Waals surface area contributed by atoms with Gasteiger partial charge in [0.05, 0.1) is 32.2 Å². The molecule has 2 aliphatic rings. The minimum atomic E-state index is -4.85. The number of ether oxygens (including phenoxy) is 5. The summed E-state index contributed by atoms with van der Waals surface area (Å²) in [5, 5.41) is 16.5. The molecular weight excluding hydrogens is 1140 g/mol. The predicted molar refractivity (Wildman–Crippen MR) is 306 cm³/mol. The first kappa shape index (κ1) is 67.5. The Balaban J connectivity index is 0.000000431. The largest absolute Gasteiger partial charge is 1.00 e. The fourth-order valence-corrected chi connectivity index (χ4v) is 9.80. The number of aryl methyl sites for hydroxylation is 2. The maximum atomic E-state index is 14.1. The summed E-state index contributed by atoms with van der Waals surface area (Å²) in [5.41, 5.74) is 6.51. The number of carbonyl (C=O) groups excluding carboxylic acids is 3. The summed E-state index contributed by atoms with van der Waals surface area (Å²) >= 11 is 12.2. The Morgan fingerprint density at radius 1 is 0.583 bits per heavy atom. The fourth-order valence-electron chi connectivity index (χ4n) is 9.55. The summed E-state index contributed by atoms with van der Waals surface area (Å²) in [7, 11) is 3.07. The zero-order valence-corrected chi connectivity index (χ0v) is 47.9. The van der Waals surface area contributed by atoms with Crippen LogP contribution < -0.4 is 58.2 Å². The first-order valence-corrected chi connectivity index (χ1v) is 27.0.